The summed E-state index contributed by atoms with van der Waals surface area (Å²) in [5.41, 5.74) is 1.85. The second-order valence-corrected chi connectivity index (χ2v) is 7.25. The van der Waals surface area contributed by atoms with Crippen molar-refractivity contribution in [2.75, 3.05) is 19.6 Å². The van der Waals surface area contributed by atoms with E-state index >= 15 is 0 Å². The van der Waals surface area contributed by atoms with Gasteiger partial charge in [-0.2, -0.15) is 5.10 Å². The van der Waals surface area contributed by atoms with E-state index in [1.54, 1.807) is 6.20 Å². The molecule has 1 fully saturated rings. The molecule has 27 heavy (non-hydrogen) atoms. The Kier molecular flexibility index (Phi) is 6.08. The molecule has 1 aliphatic rings. The highest BCUT2D eigenvalue weighted by Crippen LogP contribution is 2.32. The minimum absolute atomic E-state index is 0.0500. The molecule has 0 aliphatic carbocycles. The molecule has 2 aromatic heterocycles. The van der Waals surface area contributed by atoms with Gasteiger partial charge in [0.25, 0.3) is 0 Å². The van der Waals surface area contributed by atoms with Crippen molar-refractivity contribution < 1.29 is 9.59 Å². The number of rotatable bonds is 7. The number of fused-ring (bicyclic) bond motifs is 1. The molecule has 0 spiro atoms. The van der Waals surface area contributed by atoms with Gasteiger partial charge in [-0.1, -0.05) is 13.8 Å². The monoisotopic (exact) mass is 371 g/mol. The lowest BCUT2D eigenvalue weighted by atomic mass is 10.0. The molecule has 2 aromatic rings. The van der Waals surface area contributed by atoms with Crippen molar-refractivity contribution in [2.45, 2.75) is 52.5 Å². The summed E-state index contributed by atoms with van der Waals surface area (Å²) in [6.45, 7) is 8.28. The van der Waals surface area contributed by atoms with Crippen molar-refractivity contribution in [2.24, 2.45) is 5.92 Å². The Morgan fingerprint density at radius 2 is 2.11 bits per heavy atom. The van der Waals surface area contributed by atoms with E-state index in [1.165, 1.54) is 6.92 Å². The highest BCUT2D eigenvalue weighted by atomic mass is 16.2. The molecule has 3 heterocycles. The third-order valence-corrected chi connectivity index (χ3v) is 5.45. The fourth-order valence-electron chi connectivity index (χ4n) is 3.91. The van der Waals surface area contributed by atoms with Crippen LogP contribution in [0.15, 0.2) is 18.3 Å². The molecule has 0 radical (unpaired) electrons. The van der Waals surface area contributed by atoms with Crippen LogP contribution in [0.2, 0.25) is 0 Å². The molecule has 1 unspecified atom stereocenters. The summed E-state index contributed by atoms with van der Waals surface area (Å²) >= 11 is 0. The zero-order valence-corrected chi connectivity index (χ0v) is 16.4. The lowest BCUT2D eigenvalue weighted by Crippen LogP contribution is -2.33. The molecule has 1 saturated heterocycles. The number of carbonyl (C=O) groups is 2. The van der Waals surface area contributed by atoms with Gasteiger partial charge in [0.15, 0.2) is 5.65 Å². The van der Waals surface area contributed by atoms with Gasteiger partial charge < -0.3 is 10.2 Å². The highest BCUT2D eigenvalue weighted by molar-refractivity contribution is 5.81. The Morgan fingerprint density at radius 1 is 1.33 bits per heavy atom. The highest BCUT2D eigenvalue weighted by Gasteiger charge is 2.32. The maximum absolute atomic E-state index is 12.7. The van der Waals surface area contributed by atoms with Crippen molar-refractivity contribution >= 4 is 22.8 Å². The number of hydrogen-bond donors (Lipinski definition) is 1. The van der Waals surface area contributed by atoms with E-state index in [1.807, 2.05) is 21.7 Å². The van der Waals surface area contributed by atoms with Gasteiger partial charge in [0.05, 0.1) is 12.2 Å². The summed E-state index contributed by atoms with van der Waals surface area (Å²) in [6.07, 6.45) is 4.47. The molecular formula is C20H29N5O2. The maximum Gasteiger partial charge on any atom is 0.225 e. The van der Waals surface area contributed by atoms with Crippen LogP contribution >= 0.6 is 0 Å². The number of carbonyl (C=O) groups excluding carboxylic acids is 2. The van der Waals surface area contributed by atoms with E-state index in [4.69, 9.17) is 5.10 Å². The van der Waals surface area contributed by atoms with E-state index in [-0.39, 0.29) is 23.7 Å². The van der Waals surface area contributed by atoms with Crippen molar-refractivity contribution in [3.05, 3.63) is 24.0 Å². The molecule has 0 aromatic carbocycles. The van der Waals surface area contributed by atoms with Crippen LogP contribution in [-0.2, 0) is 16.1 Å². The fourth-order valence-corrected chi connectivity index (χ4v) is 3.91. The van der Waals surface area contributed by atoms with Crippen LogP contribution in [-0.4, -0.2) is 51.1 Å². The molecule has 146 valence electrons. The molecular weight excluding hydrogens is 342 g/mol. The number of pyridine rings is 1. The first-order chi connectivity index (χ1) is 13.0. The summed E-state index contributed by atoms with van der Waals surface area (Å²) in [4.78, 5) is 30.3. The first kappa shape index (κ1) is 19.3. The lowest BCUT2D eigenvalue weighted by Gasteiger charge is -2.21. The molecule has 0 bridgehead atoms. The molecule has 7 heteroatoms. The number of nitrogens with zero attached hydrogens (tertiary/aromatic N) is 4. The van der Waals surface area contributed by atoms with Gasteiger partial charge in [-0.05, 0) is 31.4 Å². The summed E-state index contributed by atoms with van der Waals surface area (Å²) in [5.74, 6) is 0.579. The van der Waals surface area contributed by atoms with E-state index in [0.717, 1.165) is 49.1 Å². The van der Waals surface area contributed by atoms with Crippen molar-refractivity contribution in [1.29, 1.82) is 0 Å². The third-order valence-electron chi connectivity index (χ3n) is 5.45. The van der Waals surface area contributed by atoms with Crippen LogP contribution in [0.4, 0.5) is 0 Å². The van der Waals surface area contributed by atoms with Crippen molar-refractivity contribution in [1.82, 2.24) is 25.0 Å². The number of amides is 2. The molecule has 1 atom stereocenters. The molecule has 2 amide bonds. The summed E-state index contributed by atoms with van der Waals surface area (Å²) < 4.78 is 1.87. The van der Waals surface area contributed by atoms with Crippen LogP contribution in [0.1, 0.15) is 51.6 Å². The van der Waals surface area contributed by atoms with Gasteiger partial charge in [-0.3, -0.25) is 9.59 Å². The molecule has 1 aliphatic heterocycles. The molecule has 7 nitrogen and oxygen atoms in total. The van der Waals surface area contributed by atoms with Crippen molar-refractivity contribution in [3.63, 3.8) is 0 Å². The van der Waals surface area contributed by atoms with Crippen LogP contribution in [0.3, 0.4) is 0 Å². The number of hydrogen-bond acceptors (Lipinski definition) is 4. The standard InChI is InChI=1S/C20H29N5O2/c1-4-15(5-2)20(27)24-11-8-16(13-24)18-17-7-6-9-22-19(17)25(23-18)12-10-21-14(3)26/h6-7,9,15-16H,4-5,8,10-13H2,1-3H3,(H,21,26). The largest absolute Gasteiger partial charge is 0.354 e. The van der Waals surface area contributed by atoms with Gasteiger partial charge in [0, 0.05) is 50.0 Å². The zero-order chi connectivity index (χ0) is 19.4. The smallest absolute Gasteiger partial charge is 0.225 e. The van der Waals surface area contributed by atoms with Crippen LogP contribution in [0, 0.1) is 5.92 Å². The molecule has 0 saturated carbocycles. The van der Waals surface area contributed by atoms with Crippen LogP contribution < -0.4 is 5.32 Å². The second kappa shape index (κ2) is 8.50. The van der Waals surface area contributed by atoms with E-state index in [2.05, 4.69) is 24.1 Å². The van der Waals surface area contributed by atoms with Crippen LogP contribution in [0.5, 0.6) is 0 Å². The van der Waals surface area contributed by atoms with E-state index in [9.17, 15) is 9.59 Å². The van der Waals surface area contributed by atoms with Crippen LogP contribution in [0.25, 0.3) is 11.0 Å². The van der Waals surface area contributed by atoms with Crippen molar-refractivity contribution in [3.8, 4) is 0 Å². The summed E-state index contributed by atoms with van der Waals surface area (Å²) in [5, 5.41) is 8.66. The van der Waals surface area contributed by atoms with Gasteiger partial charge in [-0.25, -0.2) is 9.67 Å². The number of likely N-dealkylation sites (tertiary alicyclic amines) is 1. The molecule has 3 rings (SSSR count). The van der Waals surface area contributed by atoms with E-state index in [0.29, 0.717) is 13.1 Å². The Labute approximate surface area is 160 Å². The van der Waals surface area contributed by atoms with Gasteiger partial charge in [-0.15, -0.1) is 0 Å². The minimum atomic E-state index is -0.0500. The van der Waals surface area contributed by atoms with Gasteiger partial charge >= 0.3 is 0 Å². The normalized spacial score (nSPS) is 17.0. The Morgan fingerprint density at radius 3 is 2.81 bits per heavy atom. The van der Waals surface area contributed by atoms with Gasteiger partial charge in [0.2, 0.25) is 11.8 Å². The quantitative estimate of drug-likeness (QED) is 0.810. The summed E-state index contributed by atoms with van der Waals surface area (Å²) in [6, 6.07) is 3.97. The second-order valence-electron chi connectivity index (χ2n) is 7.25. The number of aromatic nitrogens is 3. The average Bonchev–Trinajstić information content (AvgIpc) is 3.28. The predicted octanol–water partition coefficient (Wildman–Crippen LogP) is 2.32. The summed E-state index contributed by atoms with van der Waals surface area (Å²) in [7, 11) is 0. The molecule has 1 N–H and O–H groups in total. The Bertz CT molecular complexity index is 812. The SMILES string of the molecule is CCC(CC)C(=O)N1CCC(c2nn(CCNC(C)=O)c3ncccc23)C1. The third kappa shape index (κ3) is 4.12. The predicted molar refractivity (Wildman–Crippen MR) is 104 cm³/mol. The maximum atomic E-state index is 12.7. The van der Waals surface area contributed by atoms with E-state index < -0.39 is 0 Å². The average molecular weight is 371 g/mol. The zero-order valence-electron chi connectivity index (χ0n) is 16.4. The lowest BCUT2D eigenvalue weighted by molar-refractivity contribution is -0.134. The number of nitrogens with one attached hydrogen (secondary N) is 1. The Balaban J connectivity index is 1.79. The fraction of sp³-hybridized carbons (Fsp3) is 0.600. The van der Waals surface area contributed by atoms with Gasteiger partial charge in [0.1, 0.15) is 0 Å². The minimum Gasteiger partial charge on any atom is -0.354 e. The first-order valence-electron chi connectivity index (χ1n) is 9.89. The first-order valence-corrected chi connectivity index (χ1v) is 9.89. The topological polar surface area (TPSA) is 80.1 Å². The Hall–Kier alpha value is -2.44.